The lowest BCUT2D eigenvalue weighted by atomic mass is 10.0. The number of carbonyl (C=O) groups excluding carboxylic acids is 2. The number of phosphoric ester groups is 1. The monoisotopic (exact) mass is 731 g/mol. The summed E-state index contributed by atoms with van der Waals surface area (Å²) < 4.78 is 32.5. The number of phosphoric acid groups is 1. The van der Waals surface area contributed by atoms with Crippen LogP contribution in [-0.4, -0.2) is 59.9 Å². The van der Waals surface area contributed by atoms with Crippen molar-refractivity contribution in [1.82, 2.24) is 0 Å². The van der Waals surface area contributed by atoms with Crippen LogP contribution in [-0.2, 0) is 37.5 Å². The molecule has 0 aliphatic heterocycles. The number of esters is 2. The van der Waals surface area contributed by atoms with E-state index < -0.39 is 51.1 Å². The number of rotatable bonds is 37. The average Bonchev–Trinajstić information content (AvgIpc) is 3.09. The van der Waals surface area contributed by atoms with Crippen molar-refractivity contribution >= 4 is 25.7 Å². The summed E-state index contributed by atoms with van der Waals surface area (Å²) in [5, 5.41) is 8.85. The predicted octanol–water partition coefficient (Wildman–Crippen LogP) is 9.50. The number of nitrogens with two attached hydrogens (primary N) is 1. The number of carboxylic acid groups (broad SMARTS) is 1. The van der Waals surface area contributed by atoms with Crippen molar-refractivity contribution in [2.75, 3.05) is 19.8 Å². The highest BCUT2D eigenvalue weighted by Crippen LogP contribution is 2.43. The number of ether oxygens (including phenoxy) is 2. The lowest BCUT2D eigenvalue weighted by Crippen LogP contribution is -2.34. The number of carbonyl (C=O) groups is 3. The Kier molecular flexibility index (Phi) is 32.7. The highest BCUT2D eigenvalue weighted by molar-refractivity contribution is 7.47. The quantitative estimate of drug-likeness (QED) is 0.0240. The third kappa shape index (κ3) is 33.1. The van der Waals surface area contributed by atoms with Crippen LogP contribution in [0.3, 0.4) is 0 Å². The molecule has 3 atom stereocenters. The molecule has 0 aliphatic carbocycles. The number of carboxylic acids is 1. The molecule has 292 valence electrons. The summed E-state index contributed by atoms with van der Waals surface area (Å²) in [5.41, 5.74) is 5.31. The molecular formula is C38H70NO10P. The van der Waals surface area contributed by atoms with Crippen molar-refractivity contribution in [3.8, 4) is 0 Å². The van der Waals surface area contributed by atoms with Gasteiger partial charge in [-0.1, -0.05) is 128 Å². The molecule has 0 rings (SSSR count). The highest BCUT2D eigenvalue weighted by atomic mass is 31.2. The standard InChI is InChI=1S/C38H70NO10P/c1-3-5-7-9-11-13-15-16-17-18-20-22-24-26-28-30-37(41)49-34(32-47-50(44,45)48-33-35(39)38(42)43)31-46-36(40)29-27-25-23-21-19-14-12-10-8-6-4-2/h3,10,12,34-35H,1,4-9,11,13-33,39H2,2H3,(H,42,43)(H,44,45)/b12-10+/t34-,35+/m1/s1. The summed E-state index contributed by atoms with van der Waals surface area (Å²) in [5.74, 6) is -2.39. The number of allylic oxidation sites excluding steroid dienone is 3. The fourth-order valence-corrected chi connectivity index (χ4v) is 5.98. The first-order valence-corrected chi connectivity index (χ1v) is 20.8. The second-order valence-electron chi connectivity index (χ2n) is 13.1. The Morgan fingerprint density at radius 3 is 1.60 bits per heavy atom. The third-order valence-corrected chi connectivity index (χ3v) is 9.27. The summed E-state index contributed by atoms with van der Waals surface area (Å²) >= 11 is 0. The SMILES string of the molecule is C=CCCCCCCCCCCCCCCCC(=O)O[C@H](COC(=O)CCCCCCC/C=C/CCCC)COP(=O)(O)OC[C@H](N)C(=O)O. The first kappa shape index (κ1) is 48.0. The first-order valence-electron chi connectivity index (χ1n) is 19.3. The zero-order valence-electron chi connectivity index (χ0n) is 31.1. The summed E-state index contributed by atoms with van der Waals surface area (Å²) in [6.07, 6.45) is 31.4. The minimum absolute atomic E-state index is 0.159. The minimum atomic E-state index is -4.71. The number of hydrogen-bond acceptors (Lipinski definition) is 9. The Bertz CT molecular complexity index is 945. The summed E-state index contributed by atoms with van der Waals surface area (Å²) in [6.45, 7) is 4.26. The minimum Gasteiger partial charge on any atom is -0.480 e. The van der Waals surface area contributed by atoms with Crippen LogP contribution in [0.2, 0.25) is 0 Å². The van der Waals surface area contributed by atoms with Gasteiger partial charge in [-0.15, -0.1) is 6.58 Å². The number of hydrogen-bond donors (Lipinski definition) is 3. The van der Waals surface area contributed by atoms with Gasteiger partial charge in [-0.3, -0.25) is 23.4 Å². The lowest BCUT2D eigenvalue weighted by Gasteiger charge is -2.20. The maximum absolute atomic E-state index is 12.6. The summed E-state index contributed by atoms with van der Waals surface area (Å²) in [6, 6.07) is -1.52. The van der Waals surface area contributed by atoms with Gasteiger partial charge in [-0.05, 0) is 44.9 Å². The van der Waals surface area contributed by atoms with Crippen molar-refractivity contribution in [2.45, 2.75) is 180 Å². The van der Waals surface area contributed by atoms with Crippen molar-refractivity contribution in [1.29, 1.82) is 0 Å². The van der Waals surface area contributed by atoms with Crippen LogP contribution < -0.4 is 5.73 Å². The zero-order chi connectivity index (χ0) is 37.1. The molecule has 0 radical (unpaired) electrons. The van der Waals surface area contributed by atoms with Gasteiger partial charge < -0.3 is 25.2 Å². The van der Waals surface area contributed by atoms with Gasteiger partial charge >= 0.3 is 25.7 Å². The molecule has 0 amide bonds. The van der Waals surface area contributed by atoms with Gasteiger partial charge in [-0.25, -0.2) is 4.57 Å². The maximum Gasteiger partial charge on any atom is 0.472 e. The Balaban J connectivity index is 4.40. The van der Waals surface area contributed by atoms with Crippen molar-refractivity contribution < 1.29 is 47.5 Å². The van der Waals surface area contributed by atoms with Crippen molar-refractivity contribution in [2.24, 2.45) is 5.73 Å². The molecule has 11 nitrogen and oxygen atoms in total. The van der Waals surface area contributed by atoms with E-state index in [0.717, 1.165) is 64.2 Å². The topological polar surface area (TPSA) is 172 Å². The van der Waals surface area contributed by atoms with E-state index in [0.29, 0.717) is 12.8 Å². The molecule has 0 saturated carbocycles. The van der Waals surface area contributed by atoms with Crippen LogP contribution in [0.15, 0.2) is 24.8 Å². The van der Waals surface area contributed by atoms with Crippen LogP contribution in [0.1, 0.15) is 167 Å². The van der Waals surface area contributed by atoms with Gasteiger partial charge in [0.1, 0.15) is 12.6 Å². The Hall–Kier alpha value is -2.04. The average molecular weight is 732 g/mol. The molecule has 0 aliphatic rings. The van der Waals surface area contributed by atoms with E-state index in [4.69, 9.17) is 24.8 Å². The van der Waals surface area contributed by atoms with E-state index in [2.05, 4.69) is 30.2 Å². The fourth-order valence-electron chi connectivity index (χ4n) is 5.20. The Labute approximate surface area is 302 Å². The number of unbranched alkanes of at least 4 members (excludes halogenated alkanes) is 20. The van der Waals surface area contributed by atoms with E-state index in [1.54, 1.807) is 0 Å². The van der Waals surface area contributed by atoms with Crippen LogP contribution in [0.4, 0.5) is 0 Å². The largest absolute Gasteiger partial charge is 0.480 e. The van der Waals surface area contributed by atoms with E-state index in [9.17, 15) is 23.8 Å². The molecular weight excluding hydrogens is 661 g/mol. The molecule has 0 spiro atoms. The van der Waals surface area contributed by atoms with E-state index in [1.165, 1.54) is 70.6 Å². The van der Waals surface area contributed by atoms with Crippen LogP contribution in [0.25, 0.3) is 0 Å². The molecule has 0 aromatic carbocycles. The van der Waals surface area contributed by atoms with E-state index in [1.807, 2.05) is 6.08 Å². The zero-order valence-corrected chi connectivity index (χ0v) is 32.0. The fraction of sp³-hybridized carbons (Fsp3) is 0.816. The molecule has 1 unspecified atom stereocenters. The predicted molar refractivity (Wildman–Crippen MR) is 199 cm³/mol. The molecule has 0 fully saturated rings. The Morgan fingerprint density at radius 2 is 1.10 bits per heavy atom. The molecule has 0 heterocycles. The molecule has 0 aromatic heterocycles. The second-order valence-corrected chi connectivity index (χ2v) is 14.6. The maximum atomic E-state index is 12.6. The third-order valence-electron chi connectivity index (χ3n) is 8.32. The van der Waals surface area contributed by atoms with Crippen LogP contribution in [0, 0.1) is 0 Å². The van der Waals surface area contributed by atoms with Crippen molar-refractivity contribution in [3.63, 3.8) is 0 Å². The molecule has 12 heteroatoms. The van der Waals surface area contributed by atoms with Crippen LogP contribution >= 0.6 is 7.82 Å². The summed E-state index contributed by atoms with van der Waals surface area (Å²) in [4.78, 5) is 45.7. The van der Waals surface area contributed by atoms with E-state index in [-0.39, 0.29) is 19.4 Å². The van der Waals surface area contributed by atoms with Crippen molar-refractivity contribution in [3.05, 3.63) is 24.8 Å². The van der Waals surface area contributed by atoms with E-state index >= 15 is 0 Å². The number of aliphatic carboxylic acids is 1. The second kappa shape index (κ2) is 34.1. The highest BCUT2D eigenvalue weighted by Gasteiger charge is 2.28. The van der Waals surface area contributed by atoms with Gasteiger partial charge in [0.2, 0.25) is 0 Å². The van der Waals surface area contributed by atoms with Gasteiger partial charge in [0.15, 0.2) is 6.10 Å². The Morgan fingerprint density at radius 1 is 0.660 bits per heavy atom. The smallest absolute Gasteiger partial charge is 0.472 e. The molecule has 0 saturated heterocycles. The molecule has 4 N–H and O–H groups in total. The molecule has 50 heavy (non-hydrogen) atoms. The van der Waals surface area contributed by atoms with Gasteiger partial charge in [-0.2, -0.15) is 0 Å². The molecule has 0 bridgehead atoms. The van der Waals surface area contributed by atoms with Gasteiger partial charge in [0.05, 0.1) is 13.2 Å². The summed E-state index contributed by atoms with van der Waals surface area (Å²) in [7, 11) is -4.71. The normalized spacial score (nSPS) is 13.9. The first-order chi connectivity index (χ1) is 24.1. The molecule has 0 aromatic rings. The lowest BCUT2D eigenvalue weighted by molar-refractivity contribution is -0.161. The van der Waals surface area contributed by atoms with Gasteiger partial charge in [0.25, 0.3) is 0 Å². The van der Waals surface area contributed by atoms with Crippen LogP contribution in [0.5, 0.6) is 0 Å². The van der Waals surface area contributed by atoms with Gasteiger partial charge in [0, 0.05) is 12.8 Å².